The summed E-state index contributed by atoms with van der Waals surface area (Å²) in [6, 6.07) is 4.53. The molecule has 0 fully saturated rings. The van der Waals surface area contributed by atoms with E-state index in [1.807, 2.05) is 0 Å². The Morgan fingerprint density at radius 2 is 1.70 bits per heavy atom. The summed E-state index contributed by atoms with van der Waals surface area (Å²) in [5.74, 6) is -4.45. The third-order valence-corrected chi connectivity index (χ3v) is 2.49. The van der Waals surface area contributed by atoms with Crippen molar-refractivity contribution in [2.24, 2.45) is 5.73 Å². The van der Waals surface area contributed by atoms with Gasteiger partial charge in [-0.25, -0.2) is 13.2 Å². The molecule has 0 radical (unpaired) electrons. The van der Waals surface area contributed by atoms with Gasteiger partial charge in [0.25, 0.3) is 5.91 Å². The Balaban J connectivity index is 2.40. The lowest BCUT2D eigenvalue weighted by Crippen LogP contribution is -2.14. The van der Waals surface area contributed by atoms with Gasteiger partial charge in [0, 0.05) is 17.8 Å². The Labute approximate surface area is 111 Å². The minimum Gasteiger partial charge on any atom is -0.454 e. The highest BCUT2D eigenvalue weighted by atomic mass is 19.2. The number of hydrogen-bond donors (Lipinski definition) is 2. The molecule has 2 rings (SSSR count). The van der Waals surface area contributed by atoms with Crippen molar-refractivity contribution in [1.82, 2.24) is 0 Å². The maximum atomic E-state index is 13.6. The predicted molar refractivity (Wildman–Crippen MR) is 65.8 cm³/mol. The van der Waals surface area contributed by atoms with Crippen molar-refractivity contribution >= 4 is 11.6 Å². The number of nitrogen functional groups attached to an aromatic ring is 1. The number of anilines is 1. The van der Waals surface area contributed by atoms with E-state index in [9.17, 15) is 18.0 Å². The number of rotatable bonds is 3. The summed E-state index contributed by atoms with van der Waals surface area (Å²) in [4.78, 5) is 11.1. The van der Waals surface area contributed by atoms with Crippen molar-refractivity contribution in [3.63, 3.8) is 0 Å². The van der Waals surface area contributed by atoms with Gasteiger partial charge >= 0.3 is 0 Å². The number of amides is 1. The first-order chi connectivity index (χ1) is 9.38. The molecule has 0 saturated carbocycles. The number of carbonyl (C=O) groups is 1. The number of benzene rings is 2. The van der Waals surface area contributed by atoms with Crippen LogP contribution in [0.15, 0.2) is 30.3 Å². The molecule has 0 saturated heterocycles. The summed E-state index contributed by atoms with van der Waals surface area (Å²) in [6.07, 6.45) is 0. The molecule has 0 aromatic heterocycles. The van der Waals surface area contributed by atoms with Crippen molar-refractivity contribution in [2.75, 3.05) is 5.73 Å². The standard InChI is InChI=1S/C13H9F3N2O2/c14-8-2-1-6(3-9(8)15)20-12-4-7(13(18)19)11(17)5-10(12)16/h1-5H,17H2,(H2,18,19). The highest BCUT2D eigenvalue weighted by molar-refractivity contribution is 5.98. The van der Waals surface area contributed by atoms with Crippen LogP contribution in [0.5, 0.6) is 11.5 Å². The average molecular weight is 282 g/mol. The molecule has 0 heterocycles. The van der Waals surface area contributed by atoms with E-state index in [1.54, 1.807) is 0 Å². The molecule has 0 bridgehead atoms. The molecular formula is C13H9F3N2O2. The summed E-state index contributed by atoms with van der Waals surface area (Å²) in [7, 11) is 0. The van der Waals surface area contributed by atoms with E-state index in [0.29, 0.717) is 0 Å². The molecule has 20 heavy (non-hydrogen) atoms. The monoisotopic (exact) mass is 282 g/mol. The highest BCUT2D eigenvalue weighted by Crippen LogP contribution is 2.29. The zero-order valence-electron chi connectivity index (χ0n) is 9.99. The number of carbonyl (C=O) groups excluding carboxylic acids is 1. The van der Waals surface area contributed by atoms with Gasteiger partial charge in [-0.1, -0.05) is 0 Å². The second-order valence-corrected chi connectivity index (χ2v) is 3.91. The molecule has 0 aliphatic rings. The van der Waals surface area contributed by atoms with Crippen LogP contribution in [0.1, 0.15) is 10.4 Å². The zero-order chi connectivity index (χ0) is 14.9. The van der Waals surface area contributed by atoms with E-state index in [2.05, 4.69) is 0 Å². The van der Waals surface area contributed by atoms with Gasteiger partial charge in [-0.15, -0.1) is 0 Å². The normalized spacial score (nSPS) is 10.3. The first-order valence-electron chi connectivity index (χ1n) is 5.40. The first-order valence-corrected chi connectivity index (χ1v) is 5.40. The Kier molecular flexibility index (Phi) is 3.51. The van der Waals surface area contributed by atoms with Crippen LogP contribution in [0.2, 0.25) is 0 Å². The van der Waals surface area contributed by atoms with E-state index in [0.717, 1.165) is 30.3 Å². The smallest absolute Gasteiger partial charge is 0.250 e. The van der Waals surface area contributed by atoms with Gasteiger partial charge in [0.15, 0.2) is 23.2 Å². The molecule has 0 atom stereocenters. The minimum absolute atomic E-state index is 0.135. The lowest BCUT2D eigenvalue weighted by atomic mass is 10.1. The van der Waals surface area contributed by atoms with Gasteiger partial charge in [-0.3, -0.25) is 4.79 Å². The second kappa shape index (κ2) is 5.12. The lowest BCUT2D eigenvalue weighted by Gasteiger charge is -2.10. The molecule has 2 aromatic carbocycles. The maximum absolute atomic E-state index is 13.6. The van der Waals surface area contributed by atoms with E-state index in [4.69, 9.17) is 16.2 Å². The van der Waals surface area contributed by atoms with Crippen LogP contribution in [-0.2, 0) is 0 Å². The number of primary amides is 1. The number of hydrogen-bond acceptors (Lipinski definition) is 3. The van der Waals surface area contributed by atoms with Crippen molar-refractivity contribution in [2.45, 2.75) is 0 Å². The first kappa shape index (κ1) is 13.7. The largest absolute Gasteiger partial charge is 0.454 e. The molecule has 4 N–H and O–H groups in total. The molecule has 2 aromatic rings. The third kappa shape index (κ3) is 2.66. The SMILES string of the molecule is NC(=O)c1cc(Oc2ccc(F)c(F)c2)c(F)cc1N. The second-order valence-electron chi connectivity index (χ2n) is 3.91. The maximum Gasteiger partial charge on any atom is 0.250 e. The summed E-state index contributed by atoms with van der Waals surface area (Å²) >= 11 is 0. The van der Waals surface area contributed by atoms with Crippen LogP contribution < -0.4 is 16.2 Å². The van der Waals surface area contributed by atoms with Crippen LogP contribution in [0.25, 0.3) is 0 Å². The molecule has 0 unspecified atom stereocenters. The van der Waals surface area contributed by atoms with Gasteiger partial charge in [0.05, 0.1) is 5.56 Å². The topological polar surface area (TPSA) is 78.3 Å². The fraction of sp³-hybridized carbons (Fsp3) is 0. The third-order valence-electron chi connectivity index (χ3n) is 2.49. The fourth-order valence-corrected chi connectivity index (χ4v) is 1.53. The van der Waals surface area contributed by atoms with Crippen molar-refractivity contribution < 1.29 is 22.7 Å². The van der Waals surface area contributed by atoms with Crippen LogP contribution in [0, 0.1) is 17.5 Å². The predicted octanol–water partition coefficient (Wildman–Crippen LogP) is 2.58. The van der Waals surface area contributed by atoms with Gasteiger partial charge < -0.3 is 16.2 Å². The van der Waals surface area contributed by atoms with Crippen LogP contribution >= 0.6 is 0 Å². The number of nitrogens with two attached hydrogens (primary N) is 2. The van der Waals surface area contributed by atoms with Gasteiger partial charge in [0.1, 0.15) is 5.75 Å². The van der Waals surface area contributed by atoms with Crippen molar-refractivity contribution in [1.29, 1.82) is 0 Å². The molecule has 4 nitrogen and oxygen atoms in total. The number of halogens is 3. The number of ether oxygens (including phenoxy) is 1. The van der Waals surface area contributed by atoms with E-state index < -0.39 is 23.4 Å². The van der Waals surface area contributed by atoms with Crippen molar-refractivity contribution in [3.05, 3.63) is 53.3 Å². The molecule has 0 spiro atoms. The zero-order valence-corrected chi connectivity index (χ0v) is 9.99. The highest BCUT2D eigenvalue weighted by Gasteiger charge is 2.14. The van der Waals surface area contributed by atoms with Crippen LogP contribution in [-0.4, -0.2) is 5.91 Å². The molecular weight excluding hydrogens is 273 g/mol. The van der Waals surface area contributed by atoms with E-state index in [-0.39, 0.29) is 22.7 Å². The molecule has 0 aliphatic heterocycles. The fourth-order valence-electron chi connectivity index (χ4n) is 1.53. The van der Waals surface area contributed by atoms with E-state index in [1.165, 1.54) is 0 Å². The lowest BCUT2D eigenvalue weighted by molar-refractivity contribution is 0.100. The quantitative estimate of drug-likeness (QED) is 0.849. The minimum atomic E-state index is -1.14. The van der Waals surface area contributed by atoms with Gasteiger partial charge in [-0.05, 0) is 18.2 Å². The molecule has 7 heteroatoms. The molecule has 1 amide bonds. The van der Waals surface area contributed by atoms with Crippen LogP contribution in [0.4, 0.5) is 18.9 Å². The Morgan fingerprint density at radius 1 is 1.00 bits per heavy atom. The Morgan fingerprint density at radius 3 is 2.30 bits per heavy atom. The summed E-state index contributed by atoms with van der Waals surface area (Å²) in [6.45, 7) is 0. The Bertz CT molecular complexity index is 690. The van der Waals surface area contributed by atoms with Gasteiger partial charge in [-0.2, -0.15) is 0 Å². The average Bonchev–Trinajstić information content (AvgIpc) is 2.36. The molecule has 0 aliphatic carbocycles. The van der Waals surface area contributed by atoms with E-state index >= 15 is 0 Å². The summed E-state index contributed by atoms with van der Waals surface area (Å²) in [5, 5.41) is 0. The molecule has 104 valence electrons. The van der Waals surface area contributed by atoms with Crippen LogP contribution in [0.3, 0.4) is 0 Å². The summed E-state index contributed by atoms with van der Waals surface area (Å²) < 4.78 is 44.4. The van der Waals surface area contributed by atoms with Crippen molar-refractivity contribution in [3.8, 4) is 11.5 Å². The Hall–Kier alpha value is -2.70. The summed E-state index contributed by atoms with van der Waals surface area (Å²) in [5.41, 5.74) is 10.2. The van der Waals surface area contributed by atoms with Gasteiger partial charge in [0.2, 0.25) is 0 Å².